The molecular weight excluding hydrogens is 339 g/mol. The highest BCUT2D eigenvalue weighted by Crippen LogP contribution is 2.26. The number of rotatable bonds is 3. The maximum absolute atomic E-state index is 14.2. The van der Waals surface area contributed by atoms with Crippen molar-refractivity contribution in [3.63, 3.8) is 0 Å². The summed E-state index contributed by atoms with van der Waals surface area (Å²) in [6.45, 7) is -0.124. The first-order chi connectivity index (χ1) is 12.1. The Morgan fingerprint density at radius 3 is 2.48 bits per heavy atom. The summed E-state index contributed by atoms with van der Waals surface area (Å²) in [6, 6.07) is 15.8. The number of imidazole rings is 1. The number of aliphatic hydroxyl groups is 1. The van der Waals surface area contributed by atoms with Gasteiger partial charge in [-0.05, 0) is 42.0 Å². The maximum atomic E-state index is 14.2. The molecule has 25 heavy (non-hydrogen) atoms. The normalized spacial score (nSPS) is 11.2. The SMILES string of the molecule is OCc1ccc(F)c(-c2ccc3nc(-c4ccc(Cl)cc4)cn3c2)c1. The number of halogens is 2. The number of pyridine rings is 1. The molecule has 2 aromatic carbocycles. The van der Waals surface area contributed by atoms with Gasteiger partial charge < -0.3 is 9.51 Å². The highest BCUT2D eigenvalue weighted by molar-refractivity contribution is 6.30. The van der Waals surface area contributed by atoms with Gasteiger partial charge in [0.15, 0.2) is 0 Å². The van der Waals surface area contributed by atoms with Gasteiger partial charge in [0.25, 0.3) is 0 Å². The molecule has 2 heterocycles. The van der Waals surface area contributed by atoms with Gasteiger partial charge in [0, 0.05) is 34.1 Å². The van der Waals surface area contributed by atoms with Gasteiger partial charge in [-0.2, -0.15) is 0 Å². The topological polar surface area (TPSA) is 37.5 Å². The fourth-order valence-corrected chi connectivity index (χ4v) is 2.93. The quantitative estimate of drug-likeness (QED) is 0.566. The molecule has 0 radical (unpaired) electrons. The van der Waals surface area contributed by atoms with Crippen LogP contribution in [-0.4, -0.2) is 14.5 Å². The van der Waals surface area contributed by atoms with Crippen LogP contribution in [0.1, 0.15) is 5.56 Å². The number of hydrogen-bond acceptors (Lipinski definition) is 2. The third kappa shape index (κ3) is 3.02. The molecule has 0 aliphatic carbocycles. The summed E-state index contributed by atoms with van der Waals surface area (Å²) in [7, 11) is 0. The van der Waals surface area contributed by atoms with Crippen molar-refractivity contribution in [2.75, 3.05) is 0 Å². The van der Waals surface area contributed by atoms with Crippen LogP contribution in [0.5, 0.6) is 0 Å². The van der Waals surface area contributed by atoms with E-state index >= 15 is 0 Å². The molecule has 0 saturated carbocycles. The molecule has 0 bridgehead atoms. The number of aromatic nitrogens is 2. The van der Waals surface area contributed by atoms with Crippen molar-refractivity contribution in [1.29, 1.82) is 0 Å². The Kier molecular flexibility index (Phi) is 3.99. The second kappa shape index (κ2) is 6.31. The number of fused-ring (bicyclic) bond motifs is 1. The van der Waals surface area contributed by atoms with Crippen LogP contribution in [-0.2, 0) is 6.61 Å². The number of nitrogens with zero attached hydrogens (tertiary/aromatic N) is 2. The first kappa shape index (κ1) is 15.8. The third-order valence-corrected chi connectivity index (χ3v) is 4.37. The molecule has 4 aromatic rings. The van der Waals surface area contributed by atoms with Gasteiger partial charge in [-0.1, -0.05) is 29.8 Å². The second-order valence-electron chi connectivity index (χ2n) is 5.79. The van der Waals surface area contributed by atoms with Crippen molar-refractivity contribution in [3.05, 3.63) is 83.4 Å². The summed E-state index contributed by atoms with van der Waals surface area (Å²) in [5.74, 6) is -0.324. The Morgan fingerprint density at radius 1 is 0.960 bits per heavy atom. The molecule has 2 aromatic heterocycles. The lowest BCUT2D eigenvalue weighted by atomic mass is 10.0. The molecule has 0 saturated heterocycles. The molecule has 3 nitrogen and oxygen atoms in total. The van der Waals surface area contributed by atoms with Crippen LogP contribution >= 0.6 is 11.6 Å². The Balaban J connectivity index is 1.79. The summed E-state index contributed by atoms with van der Waals surface area (Å²) in [5.41, 5.74) is 4.40. The first-order valence-corrected chi connectivity index (χ1v) is 8.16. The minimum Gasteiger partial charge on any atom is -0.392 e. The standard InChI is InChI=1S/C20H14ClFN2O/c21-16-5-2-14(3-6-16)19-11-24-10-15(4-8-20(24)23-19)17-9-13(12-25)1-7-18(17)22/h1-11,25H,12H2. The average molecular weight is 353 g/mol. The molecule has 124 valence electrons. The summed E-state index contributed by atoms with van der Waals surface area (Å²) >= 11 is 5.93. The minimum atomic E-state index is -0.324. The van der Waals surface area contributed by atoms with E-state index in [1.54, 1.807) is 12.1 Å². The van der Waals surface area contributed by atoms with Crippen LogP contribution < -0.4 is 0 Å². The summed E-state index contributed by atoms with van der Waals surface area (Å²) in [4.78, 5) is 4.59. The van der Waals surface area contributed by atoms with Gasteiger partial charge >= 0.3 is 0 Å². The highest BCUT2D eigenvalue weighted by atomic mass is 35.5. The van der Waals surface area contributed by atoms with Crippen molar-refractivity contribution < 1.29 is 9.50 Å². The molecule has 0 spiro atoms. The zero-order chi connectivity index (χ0) is 17.4. The lowest BCUT2D eigenvalue weighted by molar-refractivity contribution is 0.282. The van der Waals surface area contributed by atoms with E-state index in [1.807, 2.05) is 53.2 Å². The van der Waals surface area contributed by atoms with Crippen LogP contribution in [0.15, 0.2) is 67.0 Å². The van der Waals surface area contributed by atoms with Crippen LogP contribution in [0.25, 0.3) is 28.0 Å². The van der Waals surface area contributed by atoms with Gasteiger partial charge in [0.05, 0.1) is 12.3 Å². The van der Waals surface area contributed by atoms with E-state index in [-0.39, 0.29) is 12.4 Å². The maximum Gasteiger partial charge on any atom is 0.137 e. The predicted molar refractivity (Wildman–Crippen MR) is 97.0 cm³/mol. The predicted octanol–water partition coefficient (Wildman–Crippen LogP) is 4.95. The van der Waals surface area contributed by atoms with Crippen LogP contribution in [0.3, 0.4) is 0 Å². The monoisotopic (exact) mass is 352 g/mol. The molecule has 1 N–H and O–H groups in total. The molecule has 0 atom stereocenters. The van der Waals surface area contributed by atoms with E-state index in [0.717, 1.165) is 22.5 Å². The highest BCUT2D eigenvalue weighted by Gasteiger charge is 2.09. The molecule has 0 amide bonds. The lowest BCUT2D eigenvalue weighted by Gasteiger charge is -2.06. The lowest BCUT2D eigenvalue weighted by Crippen LogP contribution is -1.91. The van der Waals surface area contributed by atoms with Crippen molar-refractivity contribution in [1.82, 2.24) is 9.38 Å². The van der Waals surface area contributed by atoms with Gasteiger partial charge in [0.2, 0.25) is 0 Å². The Hall–Kier alpha value is -2.69. The zero-order valence-corrected chi connectivity index (χ0v) is 13.9. The molecule has 0 aliphatic rings. The zero-order valence-electron chi connectivity index (χ0n) is 13.2. The van der Waals surface area contributed by atoms with Crippen LogP contribution in [0.4, 0.5) is 4.39 Å². The Bertz CT molecular complexity index is 1060. The molecule has 5 heteroatoms. The van der Waals surface area contributed by atoms with Crippen molar-refractivity contribution in [3.8, 4) is 22.4 Å². The second-order valence-corrected chi connectivity index (χ2v) is 6.23. The van der Waals surface area contributed by atoms with Gasteiger partial charge in [-0.15, -0.1) is 0 Å². The smallest absolute Gasteiger partial charge is 0.137 e. The van der Waals surface area contributed by atoms with E-state index in [0.29, 0.717) is 16.1 Å². The summed E-state index contributed by atoms with van der Waals surface area (Å²) < 4.78 is 16.0. The fourth-order valence-electron chi connectivity index (χ4n) is 2.80. The number of hydrogen-bond donors (Lipinski definition) is 1. The molecule has 0 aliphatic heterocycles. The van der Waals surface area contributed by atoms with Gasteiger partial charge in [-0.25, -0.2) is 9.37 Å². The van der Waals surface area contributed by atoms with Gasteiger partial charge in [0.1, 0.15) is 11.5 Å². The fraction of sp³-hybridized carbons (Fsp3) is 0.0500. The molecule has 4 rings (SSSR count). The van der Waals surface area contributed by atoms with Crippen molar-refractivity contribution in [2.24, 2.45) is 0 Å². The largest absolute Gasteiger partial charge is 0.392 e. The molecule has 0 unspecified atom stereocenters. The van der Waals surface area contributed by atoms with Crippen molar-refractivity contribution in [2.45, 2.75) is 6.61 Å². The van der Waals surface area contributed by atoms with E-state index in [4.69, 9.17) is 11.6 Å². The summed E-state index contributed by atoms with van der Waals surface area (Å²) in [6.07, 6.45) is 3.73. The summed E-state index contributed by atoms with van der Waals surface area (Å²) in [5, 5.41) is 9.95. The van der Waals surface area contributed by atoms with E-state index in [2.05, 4.69) is 4.98 Å². The minimum absolute atomic E-state index is 0.124. The van der Waals surface area contributed by atoms with E-state index in [1.165, 1.54) is 6.07 Å². The average Bonchev–Trinajstić information content (AvgIpc) is 3.06. The van der Waals surface area contributed by atoms with Gasteiger partial charge in [-0.3, -0.25) is 0 Å². The Morgan fingerprint density at radius 2 is 1.72 bits per heavy atom. The van der Waals surface area contributed by atoms with Crippen LogP contribution in [0, 0.1) is 5.82 Å². The third-order valence-electron chi connectivity index (χ3n) is 4.12. The van der Waals surface area contributed by atoms with E-state index < -0.39 is 0 Å². The van der Waals surface area contributed by atoms with E-state index in [9.17, 15) is 9.50 Å². The van der Waals surface area contributed by atoms with Crippen molar-refractivity contribution >= 4 is 17.2 Å². The molecular formula is C20H14ClFN2O. The molecule has 0 fully saturated rings. The number of benzene rings is 2. The Labute approximate surface area is 149 Å². The van der Waals surface area contributed by atoms with Crippen LogP contribution in [0.2, 0.25) is 5.02 Å². The first-order valence-electron chi connectivity index (χ1n) is 7.78. The number of aliphatic hydroxyl groups excluding tert-OH is 1.